The number of aromatic nitrogens is 1. The number of nitrogens with one attached hydrogen (secondary N) is 1. The third kappa shape index (κ3) is 3.77. The van der Waals surface area contributed by atoms with Crippen LogP contribution in [-0.2, 0) is 0 Å². The quantitative estimate of drug-likeness (QED) is 0.832. The zero-order chi connectivity index (χ0) is 13.7. The maximum Gasteiger partial charge on any atom is 0.0702 e. The Morgan fingerprint density at radius 1 is 1.16 bits per heavy atom. The Morgan fingerprint density at radius 2 is 2.00 bits per heavy atom. The molecule has 0 amide bonds. The molecule has 0 aliphatic carbocycles. The van der Waals surface area contributed by atoms with Crippen molar-refractivity contribution in [2.45, 2.75) is 39.2 Å². The van der Waals surface area contributed by atoms with Crippen LogP contribution in [0.5, 0.6) is 0 Å². The van der Waals surface area contributed by atoms with Crippen LogP contribution >= 0.6 is 0 Å². The SMILES string of the molecule is CNC(CCCC(C)C)c1ccc2ncccc2c1. The average molecular weight is 256 g/mol. The molecule has 0 aliphatic rings. The lowest BCUT2D eigenvalue weighted by molar-refractivity contribution is 0.471. The van der Waals surface area contributed by atoms with Gasteiger partial charge in [-0.1, -0.05) is 38.8 Å². The first-order chi connectivity index (χ1) is 9.20. The number of rotatable bonds is 6. The fourth-order valence-corrected chi connectivity index (χ4v) is 2.52. The average Bonchev–Trinajstić information content (AvgIpc) is 2.43. The summed E-state index contributed by atoms with van der Waals surface area (Å²) in [6.07, 6.45) is 5.61. The highest BCUT2D eigenvalue weighted by Gasteiger charge is 2.10. The van der Waals surface area contributed by atoms with Gasteiger partial charge in [-0.25, -0.2) is 0 Å². The molecule has 1 aromatic carbocycles. The molecule has 102 valence electrons. The predicted octanol–water partition coefficient (Wildman–Crippen LogP) is 4.32. The molecule has 2 rings (SSSR count). The third-order valence-electron chi connectivity index (χ3n) is 3.65. The summed E-state index contributed by atoms with van der Waals surface area (Å²) in [6, 6.07) is 11.2. The van der Waals surface area contributed by atoms with Crippen molar-refractivity contribution >= 4 is 10.9 Å². The molecule has 19 heavy (non-hydrogen) atoms. The first kappa shape index (κ1) is 14.0. The Kier molecular flexibility index (Phi) is 4.92. The van der Waals surface area contributed by atoms with E-state index in [1.54, 1.807) is 0 Å². The molecule has 1 atom stereocenters. The second kappa shape index (κ2) is 6.67. The summed E-state index contributed by atoms with van der Waals surface area (Å²) in [7, 11) is 2.05. The number of nitrogens with zero attached hydrogens (tertiary/aromatic N) is 1. The molecule has 0 aliphatic heterocycles. The van der Waals surface area contributed by atoms with Gasteiger partial charge < -0.3 is 5.32 Å². The second-order valence-corrected chi connectivity index (χ2v) is 5.62. The van der Waals surface area contributed by atoms with Gasteiger partial charge in [-0.2, -0.15) is 0 Å². The van der Waals surface area contributed by atoms with Crippen molar-refractivity contribution in [1.29, 1.82) is 0 Å². The number of fused-ring (bicyclic) bond motifs is 1. The van der Waals surface area contributed by atoms with E-state index < -0.39 is 0 Å². The van der Waals surface area contributed by atoms with Gasteiger partial charge >= 0.3 is 0 Å². The van der Waals surface area contributed by atoms with Crippen LogP contribution in [-0.4, -0.2) is 12.0 Å². The van der Waals surface area contributed by atoms with Gasteiger partial charge in [0.2, 0.25) is 0 Å². The lowest BCUT2D eigenvalue weighted by atomic mass is 9.97. The van der Waals surface area contributed by atoms with Crippen molar-refractivity contribution in [2.24, 2.45) is 5.92 Å². The number of hydrogen-bond donors (Lipinski definition) is 1. The summed E-state index contributed by atoms with van der Waals surface area (Å²) < 4.78 is 0. The molecule has 0 saturated heterocycles. The van der Waals surface area contributed by atoms with E-state index in [9.17, 15) is 0 Å². The lowest BCUT2D eigenvalue weighted by Gasteiger charge is -2.17. The van der Waals surface area contributed by atoms with E-state index in [0.717, 1.165) is 11.4 Å². The summed E-state index contributed by atoms with van der Waals surface area (Å²) in [5.74, 6) is 0.790. The van der Waals surface area contributed by atoms with E-state index >= 15 is 0 Å². The Balaban J connectivity index is 2.11. The van der Waals surface area contributed by atoms with E-state index in [1.807, 2.05) is 19.3 Å². The molecular weight excluding hydrogens is 232 g/mol. The zero-order valence-corrected chi connectivity index (χ0v) is 12.2. The Hall–Kier alpha value is -1.41. The molecule has 0 radical (unpaired) electrons. The number of benzene rings is 1. The molecule has 0 spiro atoms. The summed E-state index contributed by atoms with van der Waals surface area (Å²) >= 11 is 0. The maximum absolute atomic E-state index is 4.37. The minimum Gasteiger partial charge on any atom is -0.313 e. The molecular formula is C17H24N2. The second-order valence-electron chi connectivity index (χ2n) is 5.62. The molecule has 1 aromatic heterocycles. The number of hydrogen-bond acceptors (Lipinski definition) is 2. The Morgan fingerprint density at radius 3 is 2.74 bits per heavy atom. The first-order valence-electron chi connectivity index (χ1n) is 7.22. The highest BCUT2D eigenvalue weighted by atomic mass is 14.9. The van der Waals surface area contributed by atoms with Crippen LogP contribution in [0.3, 0.4) is 0 Å². The van der Waals surface area contributed by atoms with E-state index in [-0.39, 0.29) is 0 Å². The van der Waals surface area contributed by atoms with Gasteiger partial charge in [0.05, 0.1) is 5.52 Å². The van der Waals surface area contributed by atoms with E-state index in [2.05, 4.69) is 48.4 Å². The molecule has 0 saturated carbocycles. The van der Waals surface area contributed by atoms with E-state index in [4.69, 9.17) is 0 Å². The van der Waals surface area contributed by atoms with Crippen LogP contribution in [0.15, 0.2) is 36.5 Å². The third-order valence-corrected chi connectivity index (χ3v) is 3.65. The van der Waals surface area contributed by atoms with Gasteiger partial charge in [0.15, 0.2) is 0 Å². The summed E-state index contributed by atoms with van der Waals surface area (Å²) in [6.45, 7) is 4.58. The fraction of sp³-hybridized carbons (Fsp3) is 0.471. The molecule has 0 fully saturated rings. The van der Waals surface area contributed by atoms with Crippen molar-refractivity contribution in [3.8, 4) is 0 Å². The Labute approximate surface area is 116 Å². The van der Waals surface area contributed by atoms with Gasteiger partial charge in [-0.05, 0) is 43.1 Å². The summed E-state index contributed by atoms with van der Waals surface area (Å²) in [5, 5.41) is 4.66. The van der Waals surface area contributed by atoms with Crippen molar-refractivity contribution in [2.75, 3.05) is 7.05 Å². The van der Waals surface area contributed by atoms with Crippen LogP contribution < -0.4 is 5.32 Å². The smallest absolute Gasteiger partial charge is 0.0702 e. The lowest BCUT2D eigenvalue weighted by Crippen LogP contribution is -2.16. The van der Waals surface area contributed by atoms with Crippen LogP contribution in [0.2, 0.25) is 0 Å². The van der Waals surface area contributed by atoms with Crippen molar-refractivity contribution < 1.29 is 0 Å². The minimum absolute atomic E-state index is 0.448. The van der Waals surface area contributed by atoms with Gasteiger partial charge in [-0.3, -0.25) is 4.98 Å². The van der Waals surface area contributed by atoms with Gasteiger partial charge in [0, 0.05) is 17.6 Å². The molecule has 1 heterocycles. The fourth-order valence-electron chi connectivity index (χ4n) is 2.52. The largest absolute Gasteiger partial charge is 0.313 e. The predicted molar refractivity (Wildman–Crippen MR) is 82.2 cm³/mol. The maximum atomic E-state index is 4.37. The van der Waals surface area contributed by atoms with Gasteiger partial charge in [0.1, 0.15) is 0 Å². The molecule has 0 bridgehead atoms. The highest BCUT2D eigenvalue weighted by Crippen LogP contribution is 2.23. The molecule has 2 heteroatoms. The van der Waals surface area contributed by atoms with Crippen LogP contribution in [0.4, 0.5) is 0 Å². The number of pyridine rings is 1. The molecule has 2 nitrogen and oxygen atoms in total. The standard InChI is InChI=1S/C17H24N2/c1-13(2)6-4-8-16(18-3)15-9-10-17-14(12-15)7-5-11-19-17/h5,7,9-13,16,18H,4,6,8H2,1-3H3. The van der Waals surface area contributed by atoms with Crippen molar-refractivity contribution in [1.82, 2.24) is 10.3 Å². The molecule has 1 N–H and O–H groups in total. The van der Waals surface area contributed by atoms with Crippen molar-refractivity contribution in [3.63, 3.8) is 0 Å². The highest BCUT2D eigenvalue weighted by molar-refractivity contribution is 5.79. The monoisotopic (exact) mass is 256 g/mol. The van der Waals surface area contributed by atoms with Crippen molar-refractivity contribution in [3.05, 3.63) is 42.1 Å². The first-order valence-corrected chi connectivity index (χ1v) is 7.22. The van der Waals surface area contributed by atoms with E-state index in [1.165, 1.54) is 30.2 Å². The Bertz CT molecular complexity index is 519. The van der Waals surface area contributed by atoms with Crippen LogP contribution in [0.1, 0.15) is 44.7 Å². The summed E-state index contributed by atoms with van der Waals surface area (Å²) in [4.78, 5) is 4.37. The van der Waals surface area contributed by atoms with Gasteiger partial charge in [0.25, 0.3) is 0 Å². The normalized spacial score (nSPS) is 13.1. The molecule has 1 unspecified atom stereocenters. The van der Waals surface area contributed by atoms with Gasteiger partial charge in [-0.15, -0.1) is 0 Å². The zero-order valence-electron chi connectivity index (χ0n) is 12.2. The van der Waals surface area contributed by atoms with Crippen LogP contribution in [0, 0.1) is 5.92 Å². The molecule has 2 aromatic rings. The van der Waals surface area contributed by atoms with Crippen LogP contribution in [0.25, 0.3) is 10.9 Å². The topological polar surface area (TPSA) is 24.9 Å². The summed E-state index contributed by atoms with van der Waals surface area (Å²) in [5.41, 5.74) is 2.44. The minimum atomic E-state index is 0.448. The van der Waals surface area contributed by atoms with E-state index in [0.29, 0.717) is 6.04 Å².